The summed E-state index contributed by atoms with van der Waals surface area (Å²) in [5.41, 5.74) is 2.05. The lowest BCUT2D eigenvalue weighted by Crippen LogP contribution is -2.50. The van der Waals surface area contributed by atoms with Crippen molar-refractivity contribution in [1.29, 1.82) is 0 Å². The number of fused-ring (bicyclic) bond motifs is 1. The second-order valence-electron chi connectivity index (χ2n) is 10.3. The third kappa shape index (κ3) is 6.78. The summed E-state index contributed by atoms with van der Waals surface area (Å²) in [4.78, 5) is 16.8. The first-order chi connectivity index (χ1) is 21.5. The van der Waals surface area contributed by atoms with Crippen LogP contribution < -0.4 is 14.9 Å². The average molecular weight is 692 g/mol. The smallest absolute Gasteiger partial charge is 0.352 e. The summed E-state index contributed by atoms with van der Waals surface area (Å²) in [5, 5.41) is 14.1. The van der Waals surface area contributed by atoms with Gasteiger partial charge in [-0.05, 0) is 78.8 Å². The van der Waals surface area contributed by atoms with Crippen molar-refractivity contribution in [2.24, 2.45) is 0 Å². The Morgan fingerprint density at radius 2 is 1.78 bits per heavy atom. The van der Waals surface area contributed by atoms with Gasteiger partial charge in [-0.1, -0.05) is 30.4 Å². The second-order valence-corrected chi connectivity index (χ2v) is 16.0. The zero-order chi connectivity index (χ0) is 31.8. The molecule has 1 aliphatic rings. The minimum atomic E-state index is -4.40. The standard InChI is InChI=1S/C28H29F3N9OPS3/c1-2-22-36-37-26(44-22)38-45(41,42)20-9-7-19(8-10-20)35-27(43)40-13-11-39(12-14-40)25-23-21(15-32-24(23)33-16-34-25)17-3-5-18(6-4-17)28(29,30)31/h3-10,15-16,45H,2,11-14,42H2,1H3,(H,35,43)(H,32,33,34)(H,37,38,41). The predicted octanol–water partition coefficient (Wildman–Crippen LogP) is 5.77. The minimum absolute atomic E-state index is 0.516. The van der Waals surface area contributed by atoms with Crippen LogP contribution in [-0.4, -0.2) is 65.5 Å². The van der Waals surface area contributed by atoms with E-state index in [0.29, 0.717) is 58.3 Å². The Labute approximate surface area is 269 Å². The Bertz CT molecular complexity index is 1870. The monoisotopic (exact) mass is 691 g/mol. The van der Waals surface area contributed by atoms with E-state index in [4.69, 9.17) is 12.2 Å². The number of piperazine rings is 1. The molecule has 0 bridgehead atoms. The fraction of sp³-hybridized carbons (Fsp3) is 0.250. The number of hydrogen-bond donors (Lipinski definition) is 4. The third-order valence-corrected chi connectivity index (χ3v) is 11.8. The van der Waals surface area contributed by atoms with Gasteiger partial charge >= 0.3 is 6.18 Å². The molecule has 0 aliphatic carbocycles. The molecule has 10 nitrogen and oxygen atoms in total. The fourth-order valence-corrected chi connectivity index (χ4v) is 8.63. The number of hydrogen-bond acceptors (Lipinski definition) is 8. The highest BCUT2D eigenvalue weighted by atomic mass is 32.8. The van der Waals surface area contributed by atoms with Crippen LogP contribution >= 0.6 is 32.0 Å². The number of thiol groups is 1. The molecule has 5 aromatic rings. The summed E-state index contributed by atoms with van der Waals surface area (Å²) in [5.74, 6) is 0.709. The molecule has 1 fully saturated rings. The zero-order valence-electron chi connectivity index (χ0n) is 23.9. The fourth-order valence-electron chi connectivity index (χ4n) is 4.99. The van der Waals surface area contributed by atoms with Gasteiger partial charge in [0, 0.05) is 48.5 Å². The maximum Gasteiger partial charge on any atom is 0.416 e. The molecule has 45 heavy (non-hydrogen) atoms. The number of H-pyrrole nitrogens is 1. The number of alkyl halides is 3. The van der Waals surface area contributed by atoms with Crippen LogP contribution in [0.3, 0.4) is 0 Å². The molecule has 4 heterocycles. The van der Waals surface area contributed by atoms with E-state index in [1.807, 2.05) is 19.1 Å². The van der Waals surface area contributed by atoms with E-state index >= 15 is 0 Å². The van der Waals surface area contributed by atoms with Crippen LogP contribution in [0.1, 0.15) is 17.5 Å². The van der Waals surface area contributed by atoms with Crippen LogP contribution in [0.2, 0.25) is 0 Å². The van der Waals surface area contributed by atoms with Gasteiger partial charge in [0.15, 0.2) is 5.11 Å². The second kappa shape index (κ2) is 12.6. The highest BCUT2D eigenvalue weighted by Gasteiger charge is 2.30. The lowest BCUT2D eigenvalue weighted by Gasteiger charge is -2.37. The van der Waals surface area contributed by atoms with E-state index < -0.39 is 21.5 Å². The van der Waals surface area contributed by atoms with Crippen molar-refractivity contribution >= 4 is 74.5 Å². The summed E-state index contributed by atoms with van der Waals surface area (Å²) in [6.45, 7) is 4.49. The maximum atomic E-state index is 13.3. The number of nitrogens with zero attached hydrogens (tertiary/aromatic N) is 6. The van der Waals surface area contributed by atoms with Gasteiger partial charge < -0.3 is 20.1 Å². The van der Waals surface area contributed by atoms with Gasteiger partial charge in [0.1, 0.15) is 22.8 Å². The molecular weight excluding hydrogens is 663 g/mol. The Morgan fingerprint density at radius 1 is 1.07 bits per heavy atom. The van der Waals surface area contributed by atoms with Crippen LogP contribution in [0.5, 0.6) is 0 Å². The number of halogens is 3. The summed E-state index contributed by atoms with van der Waals surface area (Å²) in [6, 6.07) is 12.3. The first-order valence-electron chi connectivity index (χ1n) is 13.9. The Balaban J connectivity index is 1.10. The van der Waals surface area contributed by atoms with Crippen molar-refractivity contribution < 1.29 is 17.4 Å². The third-order valence-electron chi connectivity index (χ3n) is 7.37. The molecule has 1 unspecified atom stereocenters. The molecule has 17 heteroatoms. The number of aryl methyl sites for hydroxylation is 1. The number of thiocarbonyl (C=S) groups is 1. The Kier molecular flexibility index (Phi) is 8.74. The molecule has 6 rings (SSSR count). The number of nitrogens with one attached hydrogen (secondary N) is 3. The van der Waals surface area contributed by atoms with Crippen LogP contribution in [0.25, 0.3) is 22.2 Å². The van der Waals surface area contributed by atoms with E-state index in [1.165, 1.54) is 29.8 Å². The molecule has 1 aliphatic heterocycles. The Hall–Kier alpha value is -3.72. The molecular formula is C28H29F3N9OPS3. The van der Waals surface area contributed by atoms with Crippen LogP contribution in [0.15, 0.2) is 66.0 Å². The summed E-state index contributed by atoms with van der Waals surface area (Å²) >= 11 is 7.09. The zero-order valence-corrected chi connectivity index (χ0v) is 27.6. The summed E-state index contributed by atoms with van der Waals surface area (Å²) in [7, 11) is -0.580. The van der Waals surface area contributed by atoms with Crippen LogP contribution in [0.4, 0.5) is 29.8 Å². The first kappa shape index (κ1) is 31.3. The average Bonchev–Trinajstić information content (AvgIpc) is 3.68. The van der Waals surface area contributed by atoms with E-state index in [0.717, 1.165) is 40.2 Å². The molecule has 1 saturated heterocycles. The molecule has 0 saturated carbocycles. The topological polar surface area (TPSA) is 115 Å². The van der Waals surface area contributed by atoms with Gasteiger partial charge in [-0.2, -0.15) is 13.2 Å². The molecule has 0 spiro atoms. The van der Waals surface area contributed by atoms with Gasteiger partial charge in [0.2, 0.25) is 5.13 Å². The summed E-state index contributed by atoms with van der Waals surface area (Å²) < 4.78 is 55.6. The molecule has 0 amide bonds. The van der Waals surface area contributed by atoms with Gasteiger partial charge in [-0.25, -0.2) is 9.97 Å². The van der Waals surface area contributed by atoms with E-state index in [-0.39, 0.29) is 0 Å². The van der Waals surface area contributed by atoms with Gasteiger partial charge in [0.05, 0.1) is 10.9 Å². The summed E-state index contributed by atoms with van der Waals surface area (Å²) in [6.07, 6.45) is -0.413. The largest absolute Gasteiger partial charge is 0.416 e. The van der Waals surface area contributed by atoms with Crippen molar-refractivity contribution in [2.75, 3.05) is 41.1 Å². The lowest BCUT2D eigenvalue weighted by molar-refractivity contribution is -0.137. The van der Waals surface area contributed by atoms with Gasteiger partial charge in [-0.15, -0.1) is 10.2 Å². The van der Waals surface area contributed by atoms with Crippen molar-refractivity contribution in [2.45, 2.75) is 24.4 Å². The van der Waals surface area contributed by atoms with Crippen molar-refractivity contribution in [1.82, 2.24) is 30.0 Å². The van der Waals surface area contributed by atoms with Crippen molar-refractivity contribution in [3.63, 3.8) is 0 Å². The van der Waals surface area contributed by atoms with Crippen LogP contribution in [-0.2, 0) is 22.3 Å². The minimum Gasteiger partial charge on any atom is -0.352 e. The number of rotatable bonds is 7. The van der Waals surface area contributed by atoms with Gasteiger partial charge in [0.25, 0.3) is 0 Å². The first-order valence-corrected chi connectivity index (χ1v) is 18.5. The number of aromatic amines is 1. The van der Waals surface area contributed by atoms with Gasteiger partial charge in [-0.3, -0.25) is 8.93 Å². The van der Waals surface area contributed by atoms with Crippen molar-refractivity contribution in [3.05, 3.63) is 71.6 Å². The molecule has 2 aromatic carbocycles. The molecule has 3 N–H and O–H groups in total. The lowest BCUT2D eigenvalue weighted by atomic mass is 10.0. The van der Waals surface area contributed by atoms with Crippen molar-refractivity contribution in [3.8, 4) is 11.1 Å². The molecule has 236 valence electrons. The highest BCUT2D eigenvalue weighted by molar-refractivity contribution is 8.46. The Morgan fingerprint density at radius 3 is 2.42 bits per heavy atom. The normalized spacial score (nSPS) is 14.5. The molecule has 3 aromatic heterocycles. The quantitative estimate of drug-likeness (QED) is 0.0960. The maximum absolute atomic E-state index is 13.3. The van der Waals surface area contributed by atoms with Crippen LogP contribution in [0, 0.1) is 0 Å². The van der Waals surface area contributed by atoms with E-state index in [1.54, 1.807) is 18.3 Å². The van der Waals surface area contributed by atoms with E-state index in [2.05, 4.69) is 53.4 Å². The molecule has 1 atom stereocenters. The van der Waals surface area contributed by atoms with E-state index in [9.17, 15) is 17.4 Å². The predicted molar refractivity (Wildman–Crippen MR) is 181 cm³/mol. The number of aromatic nitrogens is 5. The number of anilines is 3. The highest BCUT2D eigenvalue weighted by Crippen LogP contribution is 2.36. The number of benzene rings is 2. The SMILES string of the molecule is CCc1nnc(N[SH](=O)(P)c2ccc(NC(=S)N3CCN(c4ncnc5[nH]cc(-c6ccc(C(F)(F)F)cc6)c45)CC3)cc2)s1. The molecule has 0 radical (unpaired) electrons.